The molecule has 2 aromatic heterocycles. The summed E-state index contributed by atoms with van der Waals surface area (Å²) >= 11 is 5.64. The lowest BCUT2D eigenvalue weighted by atomic mass is 10.2. The second-order valence-electron chi connectivity index (χ2n) is 5.21. The molecule has 0 amide bonds. The number of halogens is 2. The minimum atomic E-state index is -3.99. The first-order valence-corrected chi connectivity index (χ1v) is 9.30. The largest absolute Gasteiger partial charge is 0.462 e. The van der Waals surface area contributed by atoms with Crippen LogP contribution in [0.3, 0.4) is 0 Å². The molecule has 1 N–H and O–H groups in total. The van der Waals surface area contributed by atoms with Crippen LogP contribution in [0.4, 0.5) is 10.1 Å². The predicted octanol–water partition coefficient (Wildman–Crippen LogP) is 3.10. The van der Waals surface area contributed by atoms with Crippen LogP contribution in [0.25, 0.3) is 5.52 Å². The van der Waals surface area contributed by atoms with E-state index in [1.165, 1.54) is 29.0 Å². The van der Waals surface area contributed by atoms with E-state index < -0.39 is 21.8 Å². The van der Waals surface area contributed by atoms with Crippen LogP contribution in [0, 0.1) is 5.82 Å². The number of carbonyl (C=O) groups is 1. The summed E-state index contributed by atoms with van der Waals surface area (Å²) in [5.74, 6) is -1.28. The van der Waals surface area contributed by atoms with E-state index in [4.69, 9.17) is 16.3 Å². The first-order valence-electron chi connectivity index (χ1n) is 7.44. The van der Waals surface area contributed by atoms with Gasteiger partial charge in [0.15, 0.2) is 0 Å². The topological polar surface area (TPSA) is 89.8 Å². The van der Waals surface area contributed by atoms with Gasteiger partial charge in [-0.15, -0.1) is 0 Å². The highest BCUT2D eigenvalue weighted by Crippen LogP contribution is 2.23. The number of pyridine rings is 1. The van der Waals surface area contributed by atoms with Gasteiger partial charge in [-0.25, -0.2) is 22.1 Å². The number of sulfonamides is 1. The standard InChI is InChI=1S/C16H13ClFN3O4S/c1-2-25-16(22)12-9-19-21-6-5-10(7-15(12)21)20-26(23,24)11-3-4-14(18)13(17)8-11/h3-9,20H,2H2,1H3. The van der Waals surface area contributed by atoms with Gasteiger partial charge in [0, 0.05) is 6.20 Å². The normalized spacial score (nSPS) is 11.5. The highest BCUT2D eigenvalue weighted by molar-refractivity contribution is 7.92. The molecule has 0 aliphatic rings. The number of fused-ring (bicyclic) bond motifs is 1. The van der Waals surface area contributed by atoms with Crippen molar-refractivity contribution in [3.8, 4) is 0 Å². The van der Waals surface area contributed by atoms with Crippen molar-refractivity contribution in [3.63, 3.8) is 0 Å². The Morgan fingerprint density at radius 1 is 1.35 bits per heavy atom. The van der Waals surface area contributed by atoms with Gasteiger partial charge in [-0.3, -0.25) is 4.72 Å². The van der Waals surface area contributed by atoms with Crippen molar-refractivity contribution in [1.82, 2.24) is 9.61 Å². The monoisotopic (exact) mass is 397 g/mol. The molecule has 7 nitrogen and oxygen atoms in total. The number of hydrogen-bond acceptors (Lipinski definition) is 5. The Labute approximate surface area is 153 Å². The summed E-state index contributed by atoms with van der Waals surface area (Å²) in [5.41, 5.74) is 0.780. The number of anilines is 1. The number of esters is 1. The van der Waals surface area contributed by atoms with Crippen LogP contribution in [-0.2, 0) is 14.8 Å². The van der Waals surface area contributed by atoms with Gasteiger partial charge in [0.1, 0.15) is 11.4 Å². The van der Waals surface area contributed by atoms with Crippen LogP contribution < -0.4 is 4.72 Å². The summed E-state index contributed by atoms with van der Waals surface area (Å²) in [7, 11) is -3.99. The lowest BCUT2D eigenvalue weighted by Crippen LogP contribution is -2.13. The fraction of sp³-hybridized carbons (Fsp3) is 0.125. The number of aromatic nitrogens is 2. The zero-order valence-electron chi connectivity index (χ0n) is 13.4. The van der Waals surface area contributed by atoms with E-state index in [1.807, 2.05) is 0 Å². The van der Waals surface area contributed by atoms with Gasteiger partial charge < -0.3 is 4.74 Å². The Balaban J connectivity index is 1.96. The second kappa shape index (κ2) is 6.93. The Hall–Kier alpha value is -2.65. The summed E-state index contributed by atoms with van der Waals surface area (Å²) in [4.78, 5) is 11.8. The van der Waals surface area contributed by atoms with Crippen molar-refractivity contribution in [2.75, 3.05) is 11.3 Å². The third-order valence-corrected chi connectivity index (χ3v) is 5.14. The fourth-order valence-electron chi connectivity index (χ4n) is 2.27. The molecule has 136 valence electrons. The number of hydrogen-bond donors (Lipinski definition) is 1. The van der Waals surface area contributed by atoms with Crippen LogP contribution in [0.5, 0.6) is 0 Å². The van der Waals surface area contributed by atoms with Crippen molar-refractivity contribution in [1.29, 1.82) is 0 Å². The van der Waals surface area contributed by atoms with Crippen LogP contribution in [0.15, 0.2) is 47.6 Å². The van der Waals surface area contributed by atoms with E-state index >= 15 is 0 Å². The Kier molecular flexibility index (Phi) is 4.84. The molecule has 0 fully saturated rings. The predicted molar refractivity (Wildman–Crippen MR) is 93.4 cm³/mol. The molecule has 0 saturated carbocycles. The summed E-state index contributed by atoms with van der Waals surface area (Å²) in [5, 5.41) is 3.72. The number of carbonyl (C=O) groups excluding carboxylic acids is 1. The van der Waals surface area contributed by atoms with Crippen LogP contribution in [0.2, 0.25) is 5.02 Å². The highest BCUT2D eigenvalue weighted by atomic mass is 35.5. The lowest BCUT2D eigenvalue weighted by Gasteiger charge is -2.09. The minimum Gasteiger partial charge on any atom is -0.462 e. The molecule has 3 rings (SSSR count). The molecule has 0 radical (unpaired) electrons. The zero-order chi connectivity index (χ0) is 18.9. The van der Waals surface area contributed by atoms with Gasteiger partial charge in [0.05, 0.1) is 33.9 Å². The molecule has 2 heterocycles. The van der Waals surface area contributed by atoms with Gasteiger partial charge in [0.2, 0.25) is 0 Å². The zero-order valence-corrected chi connectivity index (χ0v) is 15.0. The number of benzene rings is 1. The third-order valence-electron chi connectivity index (χ3n) is 3.47. The minimum absolute atomic E-state index is 0.192. The molecule has 0 aliphatic heterocycles. The van der Waals surface area contributed by atoms with E-state index in [0.717, 1.165) is 18.2 Å². The molecule has 0 saturated heterocycles. The summed E-state index contributed by atoms with van der Waals surface area (Å²) in [6.07, 6.45) is 2.83. The van der Waals surface area contributed by atoms with Crippen molar-refractivity contribution in [3.05, 3.63) is 59.1 Å². The van der Waals surface area contributed by atoms with Crippen LogP contribution >= 0.6 is 11.6 Å². The lowest BCUT2D eigenvalue weighted by molar-refractivity contribution is 0.0528. The number of rotatable bonds is 5. The summed E-state index contributed by atoms with van der Waals surface area (Å²) in [6, 6.07) is 6.00. The van der Waals surface area contributed by atoms with Crippen molar-refractivity contribution in [2.24, 2.45) is 0 Å². The molecule has 0 bridgehead atoms. The highest BCUT2D eigenvalue weighted by Gasteiger charge is 2.18. The second-order valence-corrected chi connectivity index (χ2v) is 7.29. The Morgan fingerprint density at radius 2 is 2.12 bits per heavy atom. The average Bonchev–Trinajstić information content (AvgIpc) is 3.00. The molecule has 0 aliphatic carbocycles. The van der Waals surface area contributed by atoms with Gasteiger partial charge in [-0.2, -0.15) is 5.10 Å². The maximum Gasteiger partial charge on any atom is 0.341 e. The van der Waals surface area contributed by atoms with Crippen LogP contribution in [-0.4, -0.2) is 30.6 Å². The first kappa shape index (κ1) is 18.2. The summed E-state index contributed by atoms with van der Waals surface area (Å²) in [6.45, 7) is 1.88. The molecule has 3 aromatic rings. The first-order chi connectivity index (χ1) is 12.3. The smallest absolute Gasteiger partial charge is 0.341 e. The molecule has 1 aromatic carbocycles. The van der Waals surface area contributed by atoms with Crippen molar-refractivity contribution in [2.45, 2.75) is 11.8 Å². The SMILES string of the molecule is CCOC(=O)c1cnn2ccc(NS(=O)(=O)c3ccc(F)c(Cl)c3)cc12. The number of ether oxygens (including phenoxy) is 1. The van der Waals surface area contributed by atoms with E-state index in [0.29, 0.717) is 5.52 Å². The average molecular weight is 398 g/mol. The molecule has 0 unspecified atom stereocenters. The van der Waals surface area contributed by atoms with E-state index in [9.17, 15) is 17.6 Å². The van der Waals surface area contributed by atoms with Crippen molar-refractivity contribution < 1.29 is 22.3 Å². The molecule has 0 spiro atoms. The number of nitrogens with one attached hydrogen (secondary N) is 1. The molecular formula is C16H13ClFN3O4S. The number of nitrogens with zero attached hydrogens (tertiary/aromatic N) is 2. The summed E-state index contributed by atoms with van der Waals surface area (Å²) < 4.78 is 46.9. The molecule has 26 heavy (non-hydrogen) atoms. The molecule has 0 atom stereocenters. The van der Waals surface area contributed by atoms with E-state index in [-0.39, 0.29) is 27.8 Å². The Bertz CT molecular complexity index is 1100. The van der Waals surface area contributed by atoms with Gasteiger partial charge in [-0.05, 0) is 37.3 Å². The Morgan fingerprint density at radius 3 is 2.81 bits per heavy atom. The fourth-order valence-corrected chi connectivity index (χ4v) is 3.59. The van der Waals surface area contributed by atoms with Gasteiger partial charge in [0.25, 0.3) is 10.0 Å². The van der Waals surface area contributed by atoms with Gasteiger partial charge in [-0.1, -0.05) is 11.6 Å². The van der Waals surface area contributed by atoms with Crippen LogP contribution in [0.1, 0.15) is 17.3 Å². The van der Waals surface area contributed by atoms with E-state index in [2.05, 4.69) is 9.82 Å². The maximum absolute atomic E-state index is 13.2. The maximum atomic E-state index is 13.2. The molecular weight excluding hydrogens is 385 g/mol. The van der Waals surface area contributed by atoms with Crippen molar-refractivity contribution >= 4 is 38.8 Å². The third kappa shape index (κ3) is 3.49. The van der Waals surface area contributed by atoms with Gasteiger partial charge >= 0.3 is 5.97 Å². The quantitative estimate of drug-likeness (QED) is 0.668. The van der Waals surface area contributed by atoms with E-state index in [1.54, 1.807) is 6.92 Å². The molecule has 10 heteroatoms.